The molecule has 0 aliphatic carbocycles. The maximum atomic E-state index is 13.4. The summed E-state index contributed by atoms with van der Waals surface area (Å²) < 4.78 is 8.53. The fourth-order valence-electron chi connectivity index (χ4n) is 3.92. The van der Waals surface area contributed by atoms with Gasteiger partial charge in [-0.3, -0.25) is 9.36 Å². The van der Waals surface area contributed by atoms with Crippen LogP contribution in [0.15, 0.2) is 78.0 Å². The lowest BCUT2D eigenvalue weighted by molar-refractivity contribution is 0.0531. The molecule has 0 radical (unpaired) electrons. The summed E-state index contributed by atoms with van der Waals surface area (Å²) in [7, 11) is 0. The molecule has 5 rings (SSSR count). The van der Waals surface area contributed by atoms with E-state index in [-0.39, 0.29) is 12.2 Å². The van der Waals surface area contributed by atoms with Gasteiger partial charge in [0.25, 0.3) is 5.56 Å². The molecule has 0 atom stereocenters. The van der Waals surface area contributed by atoms with Crippen molar-refractivity contribution in [2.45, 2.75) is 20.4 Å². The third-order valence-corrected chi connectivity index (χ3v) is 6.76. The number of thiophene rings is 1. The monoisotopic (exact) mass is 470 g/mol. The minimum atomic E-state index is -0.426. The van der Waals surface area contributed by atoms with Gasteiger partial charge in [0.15, 0.2) is 0 Å². The summed E-state index contributed by atoms with van der Waals surface area (Å²) in [5.41, 5.74) is 3.99. The number of para-hydroxylation sites is 1. The van der Waals surface area contributed by atoms with Crippen molar-refractivity contribution in [3.63, 3.8) is 0 Å². The number of nitrogens with zero attached hydrogens (tertiary/aromatic N) is 4. The number of aryl methyl sites for hydroxylation is 1. The number of hydrogen-bond acceptors (Lipinski definition) is 6. The van der Waals surface area contributed by atoms with Gasteiger partial charge in [0.1, 0.15) is 9.71 Å². The lowest BCUT2D eigenvalue weighted by Crippen LogP contribution is -2.21. The van der Waals surface area contributed by atoms with Gasteiger partial charge in [0.2, 0.25) is 0 Å². The third-order valence-electron chi connectivity index (χ3n) is 5.58. The highest BCUT2D eigenvalue weighted by Gasteiger charge is 2.21. The standard InChI is InChI=1S/C26H22N4O3S/c1-3-33-26(32)23-17(2)21-24(34-23)27-16-29(25(21)31)14-19-15-30(20-12-8-5-9-13-20)28-22(19)18-10-6-4-7-11-18/h4-13,15-16H,3,14H2,1-2H3. The number of benzene rings is 2. The van der Waals surface area contributed by atoms with Crippen molar-refractivity contribution in [3.05, 3.63) is 99.5 Å². The minimum absolute atomic E-state index is 0.194. The maximum Gasteiger partial charge on any atom is 0.348 e. The van der Waals surface area contributed by atoms with Crippen LogP contribution in [0, 0.1) is 6.92 Å². The zero-order chi connectivity index (χ0) is 23.7. The van der Waals surface area contributed by atoms with Crippen molar-refractivity contribution in [2.75, 3.05) is 6.61 Å². The molecule has 0 saturated carbocycles. The van der Waals surface area contributed by atoms with Crippen LogP contribution in [0.25, 0.3) is 27.2 Å². The SMILES string of the molecule is CCOC(=O)c1sc2ncn(Cc3cn(-c4ccccc4)nc3-c3ccccc3)c(=O)c2c1C. The van der Waals surface area contributed by atoms with Gasteiger partial charge < -0.3 is 4.74 Å². The van der Waals surface area contributed by atoms with Gasteiger partial charge in [0.05, 0.1) is 36.2 Å². The summed E-state index contributed by atoms with van der Waals surface area (Å²) in [6.45, 7) is 4.09. The van der Waals surface area contributed by atoms with Crippen LogP contribution in [0.1, 0.15) is 27.7 Å². The highest BCUT2D eigenvalue weighted by Crippen LogP contribution is 2.28. The zero-order valence-corrected chi connectivity index (χ0v) is 19.6. The van der Waals surface area contributed by atoms with Crippen LogP contribution in [-0.2, 0) is 11.3 Å². The van der Waals surface area contributed by atoms with E-state index >= 15 is 0 Å². The topological polar surface area (TPSA) is 79.0 Å². The molecule has 0 aliphatic rings. The molecule has 3 aromatic heterocycles. The predicted molar refractivity (Wildman–Crippen MR) is 133 cm³/mol. The quantitative estimate of drug-likeness (QED) is 0.332. The first-order chi connectivity index (χ1) is 16.6. The van der Waals surface area contributed by atoms with E-state index in [0.29, 0.717) is 27.2 Å². The molecule has 0 fully saturated rings. The highest BCUT2D eigenvalue weighted by molar-refractivity contribution is 7.20. The molecule has 0 saturated heterocycles. The normalized spacial score (nSPS) is 11.1. The molecule has 5 aromatic rings. The molecule has 7 nitrogen and oxygen atoms in total. The van der Waals surface area contributed by atoms with Crippen LogP contribution in [0.2, 0.25) is 0 Å². The van der Waals surface area contributed by atoms with E-state index in [0.717, 1.165) is 22.5 Å². The maximum absolute atomic E-state index is 13.4. The molecule has 0 aliphatic heterocycles. The summed E-state index contributed by atoms with van der Waals surface area (Å²) in [5, 5.41) is 5.28. The number of ether oxygens (including phenoxy) is 1. The minimum Gasteiger partial charge on any atom is -0.462 e. The summed E-state index contributed by atoms with van der Waals surface area (Å²) in [4.78, 5) is 31.2. The molecule has 170 valence electrons. The van der Waals surface area contributed by atoms with Crippen LogP contribution >= 0.6 is 11.3 Å². The summed E-state index contributed by atoms with van der Waals surface area (Å²) >= 11 is 1.19. The molecule has 0 bridgehead atoms. The van der Waals surface area contributed by atoms with Crippen LogP contribution in [-0.4, -0.2) is 31.9 Å². The average Bonchev–Trinajstić information content (AvgIpc) is 3.44. The summed E-state index contributed by atoms with van der Waals surface area (Å²) in [5.74, 6) is -0.426. The molecule has 0 unspecified atom stereocenters. The number of rotatable bonds is 6. The summed E-state index contributed by atoms with van der Waals surface area (Å²) in [6.07, 6.45) is 3.48. The van der Waals surface area contributed by atoms with E-state index in [1.165, 1.54) is 17.7 Å². The Balaban J connectivity index is 1.60. The Labute approximate surface area is 199 Å². The van der Waals surface area contributed by atoms with E-state index in [1.807, 2.05) is 71.5 Å². The van der Waals surface area contributed by atoms with Crippen LogP contribution < -0.4 is 5.56 Å². The van der Waals surface area contributed by atoms with Crippen molar-refractivity contribution in [1.82, 2.24) is 19.3 Å². The molecule has 0 amide bonds. The zero-order valence-electron chi connectivity index (χ0n) is 18.8. The molecular formula is C26H22N4O3S. The molecule has 2 aromatic carbocycles. The van der Waals surface area contributed by atoms with Gasteiger partial charge in [0, 0.05) is 17.3 Å². The highest BCUT2D eigenvalue weighted by atomic mass is 32.1. The number of carbonyl (C=O) groups excluding carboxylic acids is 1. The van der Waals surface area contributed by atoms with Gasteiger partial charge in [-0.2, -0.15) is 5.10 Å². The second-order valence-corrected chi connectivity index (χ2v) is 8.78. The van der Waals surface area contributed by atoms with E-state index in [1.54, 1.807) is 18.4 Å². The number of esters is 1. The molecule has 0 spiro atoms. The fourth-order valence-corrected chi connectivity index (χ4v) is 4.96. The van der Waals surface area contributed by atoms with Crippen molar-refractivity contribution in [3.8, 4) is 16.9 Å². The largest absolute Gasteiger partial charge is 0.462 e. The van der Waals surface area contributed by atoms with E-state index in [2.05, 4.69) is 4.98 Å². The average molecular weight is 471 g/mol. The molecule has 3 heterocycles. The molecule has 0 N–H and O–H groups in total. The van der Waals surface area contributed by atoms with Gasteiger partial charge in [-0.15, -0.1) is 11.3 Å². The molecule has 34 heavy (non-hydrogen) atoms. The van der Waals surface area contributed by atoms with E-state index in [4.69, 9.17) is 9.84 Å². The van der Waals surface area contributed by atoms with Crippen LogP contribution in [0.4, 0.5) is 0 Å². The Hall–Kier alpha value is -4.04. The number of aromatic nitrogens is 4. The number of carbonyl (C=O) groups is 1. The Bertz CT molecular complexity index is 1540. The number of hydrogen-bond donors (Lipinski definition) is 0. The van der Waals surface area contributed by atoms with E-state index in [9.17, 15) is 9.59 Å². The van der Waals surface area contributed by atoms with Gasteiger partial charge in [-0.25, -0.2) is 14.5 Å². The van der Waals surface area contributed by atoms with Gasteiger partial charge in [-0.05, 0) is 31.5 Å². The van der Waals surface area contributed by atoms with Crippen LogP contribution in [0.3, 0.4) is 0 Å². The van der Waals surface area contributed by atoms with Crippen molar-refractivity contribution < 1.29 is 9.53 Å². The lowest BCUT2D eigenvalue weighted by Gasteiger charge is -2.06. The van der Waals surface area contributed by atoms with Crippen molar-refractivity contribution in [1.29, 1.82) is 0 Å². The Kier molecular flexibility index (Phi) is 5.81. The van der Waals surface area contributed by atoms with Crippen molar-refractivity contribution >= 4 is 27.5 Å². The first-order valence-electron chi connectivity index (χ1n) is 10.9. The van der Waals surface area contributed by atoms with Crippen LogP contribution in [0.5, 0.6) is 0 Å². The second kappa shape index (κ2) is 9.07. The first-order valence-corrected chi connectivity index (χ1v) is 11.7. The Morgan fingerprint density at radius 3 is 2.47 bits per heavy atom. The predicted octanol–water partition coefficient (Wildman–Crippen LogP) is 4.84. The summed E-state index contributed by atoms with van der Waals surface area (Å²) in [6, 6.07) is 19.7. The third kappa shape index (κ3) is 3.92. The fraction of sp³-hybridized carbons (Fsp3) is 0.154. The van der Waals surface area contributed by atoms with Crippen molar-refractivity contribution in [2.24, 2.45) is 0 Å². The van der Waals surface area contributed by atoms with Gasteiger partial charge >= 0.3 is 5.97 Å². The number of fused-ring (bicyclic) bond motifs is 1. The molecule has 8 heteroatoms. The van der Waals surface area contributed by atoms with E-state index < -0.39 is 5.97 Å². The smallest absolute Gasteiger partial charge is 0.348 e. The lowest BCUT2D eigenvalue weighted by atomic mass is 10.1. The first kappa shape index (κ1) is 21.8. The second-order valence-electron chi connectivity index (χ2n) is 7.78. The van der Waals surface area contributed by atoms with Gasteiger partial charge in [-0.1, -0.05) is 48.5 Å². The Morgan fingerprint density at radius 1 is 1.06 bits per heavy atom. The molecular weight excluding hydrogens is 448 g/mol. The Morgan fingerprint density at radius 2 is 1.76 bits per heavy atom.